The van der Waals surface area contributed by atoms with E-state index in [9.17, 15) is 22.8 Å². The highest BCUT2D eigenvalue weighted by molar-refractivity contribution is 6.32. The molecule has 3 aromatic carbocycles. The van der Waals surface area contributed by atoms with E-state index in [1.54, 1.807) is 24.3 Å². The van der Waals surface area contributed by atoms with Gasteiger partial charge in [-0.15, -0.1) is 0 Å². The highest BCUT2D eigenvalue weighted by Crippen LogP contribution is 2.35. The number of aliphatic carboxylic acids is 1. The second kappa shape index (κ2) is 13.9. The smallest absolute Gasteiger partial charge is 0.475 e. The Labute approximate surface area is 249 Å². The molecule has 0 saturated heterocycles. The van der Waals surface area contributed by atoms with Crippen LogP contribution >= 0.6 is 23.2 Å². The Kier molecular flexibility index (Phi) is 10.5. The van der Waals surface area contributed by atoms with Crippen molar-refractivity contribution in [3.05, 3.63) is 87.3 Å². The van der Waals surface area contributed by atoms with E-state index >= 15 is 4.39 Å². The van der Waals surface area contributed by atoms with Crippen LogP contribution < -0.4 is 21.1 Å². The molecular weight excluding hydrogens is 621 g/mol. The number of carbonyl (C=O) groups is 3. The van der Waals surface area contributed by atoms with Gasteiger partial charge in [-0.05, 0) is 48.5 Å². The maximum Gasteiger partial charge on any atom is 0.490 e. The number of anilines is 1. The zero-order valence-corrected chi connectivity index (χ0v) is 23.0. The van der Waals surface area contributed by atoms with Crippen molar-refractivity contribution in [2.24, 2.45) is 5.73 Å². The first-order chi connectivity index (χ1) is 20.2. The molecule has 0 atom stereocenters. The first-order valence-electron chi connectivity index (χ1n) is 11.8. The Morgan fingerprint density at radius 3 is 2.40 bits per heavy atom. The molecule has 0 spiro atoms. The third kappa shape index (κ3) is 8.82. The Bertz CT molecular complexity index is 1740. The Morgan fingerprint density at radius 2 is 1.77 bits per heavy atom. The van der Waals surface area contributed by atoms with E-state index in [1.165, 1.54) is 30.3 Å². The third-order valence-corrected chi connectivity index (χ3v) is 5.88. The number of nitrogens with two attached hydrogens (primary N) is 1. The largest absolute Gasteiger partial charge is 0.490 e. The van der Waals surface area contributed by atoms with E-state index in [-0.39, 0.29) is 57.4 Å². The van der Waals surface area contributed by atoms with Crippen LogP contribution in [0.4, 0.5) is 23.2 Å². The lowest BCUT2D eigenvalue weighted by molar-refractivity contribution is -0.192. The molecule has 6 N–H and O–H groups in total. The van der Waals surface area contributed by atoms with Crippen molar-refractivity contribution in [1.29, 1.82) is 5.26 Å². The summed E-state index contributed by atoms with van der Waals surface area (Å²) >= 11 is 12.1. The lowest BCUT2D eigenvalue weighted by Crippen LogP contribution is -2.23. The Morgan fingerprint density at radius 1 is 1.07 bits per heavy atom. The number of hydrogen-bond donors (Lipinski definition) is 5. The molecule has 0 aliphatic rings. The van der Waals surface area contributed by atoms with Crippen LogP contribution in [-0.4, -0.2) is 40.6 Å². The molecule has 1 aromatic heterocycles. The molecule has 16 heteroatoms. The van der Waals surface area contributed by atoms with Crippen LogP contribution in [0.3, 0.4) is 0 Å². The van der Waals surface area contributed by atoms with Crippen LogP contribution in [0.2, 0.25) is 10.0 Å². The van der Waals surface area contributed by atoms with Crippen LogP contribution in [0.25, 0.3) is 10.9 Å². The van der Waals surface area contributed by atoms with Gasteiger partial charge in [0.1, 0.15) is 11.4 Å². The molecule has 0 aliphatic heterocycles. The predicted octanol–water partition coefficient (Wildman–Crippen LogP) is 5.74. The zero-order valence-electron chi connectivity index (χ0n) is 21.5. The number of benzene rings is 3. The molecule has 4 aromatic rings. The standard InChI is InChI=1S/C25H18Cl2FN5O3.C2HF3O2/c26-16-5-13(10-29)6-18(9-16)36-24-19(27)3-1-14(23(24)28)12-31-25(35)21-8-15-7-17(32-22(34)11-30)2-4-20(15)33-21;3-2(4,5)1(6)7/h1-9,33H,11-12,30H2,(H,31,35)(H,32,34);(H,6,7). The summed E-state index contributed by atoms with van der Waals surface area (Å²) < 4.78 is 52.5. The minimum atomic E-state index is -5.08. The number of fused-ring (bicyclic) bond motifs is 1. The van der Waals surface area contributed by atoms with E-state index in [1.807, 2.05) is 6.07 Å². The quantitative estimate of drug-likeness (QED) is 0.161. The zero-order chi connectivity index (χ0) is 31.9. The summed E-state index contributed by atoms with van der Waals surface area (Å²) in [5.74, 6) is -4.44. The average molecular weight is 640 g/mol. The fourth-order valence-electron chi connectivity index (χ4n) is 3.42. The predicted molar refractivity (Wildman–Crippen MR) is 148 cm³/mol. The molecule has 224 valence electrons. The van der Waals surface area contributed by atoms with Gasteiger partial charge in [0.05, 0.1) is 23.2 Å². The summed E-state index contributed by atoms with van der Waals surface area (Å²) in [6.07, 6.45) is -5.08. The van der Waals surface area contributed by atoms with Gasteiger partial charge in [-0.25, -0.2) is 9.18 Å². The number of nitrogens with zero attached hydrogens (tertiary/aromatic N) is 1. The van der Waals surface area contributed by atoms with Crippen molar-refractivity contribution in [3.8, 4) is 17.6 Å². The first-order valence-corrected chi connectivity index (χ1v) is 12.5. The van der Waals surface area contributed by atoms with Gasteiger partial charge in [0.15, 0.2) is 11.6 Å². The Balaban J connectivity index is 0.000000646. The van der Waals surface area contributed by atoms with Crippen molar-refractivity contribution in [2.45, 2.75) is 12.7 Å². The average Bonchev–Trinajstić information content (AvgIpc) is 3.38. The lowest BCUT2D eigenvalue weighted by atomic mass is 10.2. The SMILES string of the molecule is N#Cc1cc(Cl)cc(Oc2c(Cl)ccc(CNC(=O)c3cc4cc(NC(=O)CN)ccc4[nH]3)c2F)c1.O=C(O)C(F)(F)F. The summed E-state index contributed by atoms with van der Waals surface area (Å²) in [6.45, 7) is -0.294. The fourth-order valence-corrected chi connectivity index (χ4v) is 3.83. The summed E-state index contributed by atoms with van der Waals surface area (Å²) in [4.78, 5) is 36.1. The minimum Gasteiger partial charge on any atom is -0.475 e. The molecule has 0 bridgehead atoms. The topological polar surface area (TPSA) is 170 Å². The molecule has 43 heavy (non-hydrogen) atoms. The molecule has 1 heterocycles. The van der Waals surface area contributed by atoms with E-state index < -0.39 is 23.9 Å². The van der Waals surface area contributed by atoms with E-state index in [2.05, 4.69) is 15.6 Å². The highest BCUT2D eigenvalue weighted by Gasteiger charge is 2.38. The number of aromatic amines is 1. The van der Waals surface area contributed by atoms with Gasteiger partial charge in [-0.1, -0.05) is 29.3 Å². The lowest BCUT2D eigenvalue weighted by Gasteiger charge is -2.13. The van der Waals surface area contributed by atoms with Gasteiger partial charge in [-0.2, -0.15) is 18.4 Å². The maximum atomic E-state index is 15.2. The van der Waals surface area contributed by atoms with E-state index in [0.29, 0.717) is 16.6 Å². The number of nitriles is 1. The number of carboxylic acids is 1. The molecule has 0 unspecified atom stereocenters. The van der Waals surface area contributed by atoms with Gasteiger partial charge < -0.3 is 31.2 Å². The van der Waals surface area contributed by atoms with Crippen molar-refractivity contribution in [2.75, 3.05) is 11.9 Å². The number of alkyl halides is 3. The van der Waals surface area contributed by atoms with E-state index in [0.717, 1.165) is 0 Å². The maximum absolute atomic E-state index is 15.2. The van der Waals surface area contributed by atoms with Crippen LogP contribution in [0.1, 0.15) is 21.6 Å². The summed E-state index contributed by atoms with van der Waals surface area (Å²) in [7, 11) is 0. The molecule has 2 amide bonds. The van der Waals surface area contributed by atoms with Gasteiger partial charge in [0, 0.05) is 33.7 Å². The van der Waals surface area contributed by atoms with Gasteiger partial charge >= 0.3 is 12.1 Å². The molecular formula is C27H19Cl2F4N5O5. The number of aromatic nitrogens is 1. The molecule has 0 fully saturated rings. The second-order valence-corrected chi connectivity index (χ2v) is 9.31. The second-order valence-electron chi connectivity index (χ2n) is 8.46. The van der Waals surface area contributed by atoms with Crippen molar-refractivity contribution in [1.82, 2.24) is 10.3 Å². The number of hydrogen-bond acceptors (Lipinski definition) is 6. The van der Waals surface area contributed by atoms with Gasteiger partial charge in [-0.3, -0.25) is 9.59 Å². The monoisotopic (exact) mass is 639 g/mol. The van der Waals surface area contributed by atoms with Gasteiger partial charge in [0.2, 0.25) is 5.91 Å². The summed E-state index contributed by atoms with van der Waals surface area (Å²) in [6, 6.07) is 15.8. The van der Waals surface area contributed by atoms with Crippen molar-refractivity contribution >= 4 is 57.6 Å². The summed E-state index contributed by atoms with van der Waals surface area (Å²) in [5.41, 5.74) is 7.16. The number of rotatable bonds is 7. The molecule has 10 nitrogen and oxygen atoms in total. The first kappa shape index (κ1) is 32.7. The fraction of sp³-hybridized carbons (Fsp3) is 0.111. The van der Waals surface area contributed by atoms with Crippen LogP contribution in [-0.2, 0) is 16.1 Å². The van der Waals surface area contributed by atoms with Crippen molar-refractivity contribution in [3.63, 3.8) is 0 Å². The number of H-pyrrole nitrogens is 1. The van der Waals surface area contributed by atoms with Crippen LogP contribution in [0, 0.1) is 17.1 Å². The Hall–Kier alpha value is -4.84. The number of ether oxygens (including phenoxy) is 1. The third-order valence-electron chi connectivity index (χ3n) is 5.37. The molecule has 0 aliphatic carbocycles. The number of carboxylic acid groups (broad SMARTS) is 1. The summed E-state index contributed by atoms with van der Waals surface area (Å²) in [5, 5.41) is 22.5. The number of halogens is 6. The molecule has 0 radical (unpaired) electrons. The van der Waals surface area contributed by atoms with Crippen LogP contribution in [0.15, 0.2) is 54.6 Å². The molecule has 0 saturated carbocycles. The number of carbonyl (C=O) groups excluding carboxylic acids is 2. The highest BCUT2D eigenvalue weighted by atomic mass is 35.5. The van der Waals surface area contributed by atoms with E-state index in [4.69, 9.17) is 48.8 Å². The van der Waals surface area contributed by atoms with Crippen LogP contribution in [0.5, 0.6) is 11.5 Å². The molecule has 4 rings (SSSR count). The normalized spacial score (nSPS) is 10.7. The number of nitrogens with one attached hydrogen (secondary N) is 3. The number of amides is 2. The van der Waals surface area contributed by atoms with Gasteiger partial charge in [0.25, 0.3) is 5.91 Å². The minimum absolute atomic E-state index is 0.00853. The van der Waals surface area contributed by atoms with Crippen molar-refractivity contribution < 1.29 is 41.8 Å².